The maximum absolute atomic E-state index is 12.0. The molecule has 6 heteroatoms. The van der Waals surface area contributed by atoms with E-state index in [0.29, 0.717) is 41.9 Å². The standard InChI is InChI=1S/C29H50O5S/c1-6-21-25-16-19(30)12-14-29(25,4)24-13-15-28(3)22(10-11-23(28)26(24)27(21)32)18(2)8-7-9-20(31)17-35(5,33)34/h18-19,21-27,30,32H,6-17H2,1-5H3/t18-,19-,21-,22?,23+,24+,25+,26+,27-,28-,29-/m1/s1. The topological polar surface area (TPSA) is 91.7 Å². The highest BCUT2D eigenvalue weighted by atomic mass is 32.2. The second-order valence-corrected chi connectivity index (χ2v) is 15.7. The van der Waals surface area contributed by atoms with Crippen LogP contribution in [0.25, 0.3) is 0 Å². The van der Waals surface area contributed by atoms with Crippen molar-refractivity contribution in [3.63, 3.8) is 0 Å². The van der Waals surface area contributed by atoms with Crippen molar-refractivity contribution in [3.05, 3.63) is 0 Å². The van der Waals surface area contributed by atoms with Gasteiger partial charge in [0, 0.05) is 12.7 Å². The molecule has 11 atom stereocenters. The fourth-order valence-corrected chi connectivity index (χ4v) is 10.8. The van der Waals surface area contributed by atoms with E-state index in [2.05, 4.69) is 27.7 Å². The van der Waals surface area contributed by atoms with Crippen molar-refractivity contribution in [1.82, 2.24) is 0 Å². The number of Topliss-reactive ketones (excluding diaryl/α,β-unsaturated/α-hetero) is 1. The van der Waals surface area contributed by atoms with Gasteiger partial charge in [0.05, 0.1) is 12.2 Å². The first-order chi connectivity index (χ1) is 16.3. The average Bonchev–Trinajstić information content (AvgIpc) is 3.11. The van der Waals surface area contributed by atoms with E-state index >= 15 is 0 Å². The summed E-state index contributed by atoms with van der Waals surface area (Å²) in [6, 6.07) is 0. The largest absolute Gasteiger partial charge is 0.393 e. The zero-order valence-electron chi connectivity index (χ0n) is 22.7. The van der Waals surface area contributed by atoms with Crippen LogP contribution in [-0.2, 0) is 14.6 Å². The predicted molar refractivity (Wildman–Crippen MR) is 140 cm³/mol. The molecular formula is C29H50O5S. The predicted octanol–water partition coefficient (Wildman–Crippen LogP) is 5.03. The van der Waals surface area contributed by atoms with Crippen molar-refractivity contribution in [2.75, 3.05) is 12.0 Å². The number of hydrogen-bond donors (Lipinski definition) is 2. The van der Waals surface area contributed by atoms with Gasteiger partial charge < -0.3 is 10.2 Å². The van der Waals surface area contributed by atoms with Gasteiger partial charge in [0.1, 0.15) is 11.5 Å². The number of hydrogen-bond acceptors (Lipinski definition) is 5. The van der Waals surface area contributed by atoms with Crippen molar-refractivity contribution in [2.45, 2.75) is 111 Å². The maximum atomic E-state index is 12.0. The fourth-order valence-electron chi connectivity index (χ4n) is 10.1. The van der Waals surface area contributed by atoms with Crippen LogP contribution < -0.4 is 0 Å². The van der Waals surface area contributed by atoms with Gasteiger partial charge in [0.2, 0.25) is 0 Å². The smallest absolute Gasteiger partial charge is 0.154 e. The second-order valence-electron chi connectivity index (χ2n) is 13.6. The normalized spacial score (nSPS) is 46.4. The van der Waals surface area contributed by atoms with E-state index < -0.39 is 9.84 Å². The summed E-state index contributed by atoms with van der Waals surface area (Å²) >= 11 is 0. The third-order valence-electron chi connectivity index (χ3n) is 11.7. The Morgan fingerprint density at radius 3 is 2.31 bits per heavy atom. The van der Waals surface area contributed by atoms with Gasteiger partial charge in [-0.2, -0.15) is 0 Å². The van der Waals surface area contributed by atoms with Crippen molar-refractivity contribution in [1.29, 1.82) is 0 Å². The lowest BCUT2D eigenvalue weighted by Crippen LogP contribution is -2.62. The zero-order chi connectivity index (χ0) is 25.8. The van der Waals surface area contributed by atoms with Gasteiger partial charge in [0.25, 0.3) is 0 Å². The summed E-state index contributed by atoms with van der Waals surface area (Å²) in [7, 11) is -3.24. The number of sulfone groups is 1. The van der Waals surface area contributed by atoms with Crippen molar-refractivity contribution in [2.24, 2.45) is 52.3 Å². The molecule has 0 aliphatic heterocycles. The molecule has 5 nitrogen and oxygen atoms in total. The highest BCUT2D eigenvalue weighted by molar-refractivity contribution is 7.91. The molecule has 0 aromatic carbocycles. The Bertz CT molecular complexity index is 886. The van der Waals surface area contributed by atoms with Gasteiger partial charge in [-0.25, -0.2) is 8.42 Å². The van der Waals surface area contributed by atoms with Crippen LogP contribution in [0.15, 0.2) is 0 Å². The van der Waals surface area contributed by atoms with E-state index in [1.54, 1.807) is 0 Å². The molecule has 202 valence electrons. The third kappa shape index (κ3) is 5.02. The zero-order valence-corrected chi connectivity index (χ0v) is 23.5. The SMILES string of the molecule is CC[C@H]1[C@@H](O)[C@@H]2[C@H](CC[C@]3(C)C([C@H](C)CCCC(=O)CS(C)(=O)=O)CC[C@@H]23)[C@@]2(C)CC[C@@H](O)C[C@@H]12. The first-order valence-corrected chi connectivity index (χ1v) is 16.4. The van der Waals surface area contributed by atoms with E-state index in [1.165, 1.54) is 25.7 Å². The molecular weight excluding hydrogens is 460 g/mol. The van der Waals surface area contributed by atoms with Gasteiger partial charge in [0.15, 0.2) is 9.84 Å². The van der Waals surface area contributed by atoms with E-state index in [4.69, 9.17) is 0 Å². The summed E-state index contributed by atoms with van der Waals surface area (Å²) in [6.45, 7) is 9.53. The van der Waals surface area contributed by atoms with Crippen LogP contribution in [-0.4, -0.2) is 48.6 Å². The van der Waals surface area contributed by atoms with Gasteiger partial charge in [-0.1, -0.05) is 40.5 Å². The van der Waals surface area contributed by atoms with Crippen LogP contribution in [0.3, 0.4) is 0 Å². The van der Waals surface area contributed by atoms with Crippen LogP contribution in [0, 0.1) is 52.3 Å². The minimum Gasteiger partial charge on any atom is -0.393 e. The summed E-state index contributed by atoms with van der Waals surface area (Å²) in [5, 5.41) is 22.3. The lowest BCUT2D eigenvalue weighted by atomic mass is 9.41. The van der Waals surface area contributed by atoms with Crippen LogP contribution >= 0.6 is 0 Å². The summed E-state index contributed by atoms with van der Waals surface area (Å²) in [6.07, 6.45) is 11.4. The number of carbonyl (C=O) groups is 1. The molecule has 0 heterocycles. The molecule has 4 aliphatic carbocycles. The fraction of sp³-hybridized carbons (Fsp3) is 0.966. The molecule has 4 fully saturated rings. The van der Waals surface area contributed by atoms with Gasteiger partial charge in [-0.3, -0.25) is 4.79 Å². The van der Waals surface area contributed by atoms with E-state index in [9.17, 15) is 23.4 Å². The van der Waals surface area contributed by atoms with Gasteiger partial charge in [-0.15, -0.1) is 0 Å². The third-order valence-corrected chi connectivity index (χ3v) is 12.5. The summed E-state index contributed by atoms with van der Waals surface area (Å²) in [5.41, 5.74) is 0.461. The molecule has 1 unspecified atom stereocenters. The molecule has 2 N–H and O–H groups in total. The molecule has 0 aromatic heterocycles. The Kier molecular flexibility index (Phi) is 7.89. The number of aliphatic hydroxyl groups is 2. The van der Waals surface area contributed by atoms with Crippen LogP contribution in [0.4, 0.5) is 0 Å². The average molecular weight is 511 g/mol. The monoisotopic (exact) mass is 510 g/mol. The Morgan fingerprint density at radius 2 is 1.66 bits per heavy atom. The molecule has 4 aliphatic rings. The lowest BCUT2D eigenvalue weighted by Gasteiger charge is -2.64. The number of carbonyl (C=O) groups excluding carboxylic acids is 1. The lowest BCUT2D eigenvalue weighted by molar-refractivity contribution is -0.203. The van der Waals surface area contributed by atoms with E-state index in [1.807, 2.05) is 0 Å². The Hall–Kier alpha value is -0.460. The Morgan fingerprint density at radius 1 is 1.00 bits per heavy atom. The number of fused-ring (bicyclic) bond motifs is 5. The molecule has 4 rings (SSSR count). The summed E-state index contributed by atoms with van der Waals surface area (Å²) in [4.78, 5) is 12.0. The highest BCUT2D eigenvalue weighted by Gasteiger charge is 2.64. The van der Waals surface area contributed by atoms with Crippen molar-refractivity contribution in [3.8, 4) is 0 Å². The number of aliphatic hydroxyl groups excluding tert-OH is 2. The maximum Gasteiger partial charge on any atom is 0.154 e. The quantitative estimate of drug-likeness (QED) is 0.478. The van der Waals surface area contributed by atoms with Crippen LogP contribution in [0.5, 0.6) is 0 Å². The first-order valence-electron chi connectivity index (χ1n) is 14.4. The van der Waals surface area contributed by atoms with Crippen molar-refractivity contribution < 1.29 is 23.4 Å². The van der Waals surface area contributed by atoms with Gasteiger partial charge >= 0.3 is 0 Å². The van der Waals surface area contributed by atoms with E-state index in [-0.39, 0.29) is 40.5 Å². The molecule has 0 amide bonds. The number of rotatable bonds is 8. The first kappa shape index (κ1) is 27.6. The Balaban J connectivity index is 1.47. The second kappa shape index (κ2) is 10.0. The number of ketones is 1. The summed E-state index contributed by atoms with van der Waals surface area (Å²) in [5.74, 6) is 2.80. The van der Waals surface area contributed by atoms with E-state index in [0.717, 1.165) is 44.8 Å². The van der Waals surface area contributed by atoms with Crippen LogP contribution in [0.2, 0.25) is 0 Å². The molecule has 35 heavy (non-hydrogen) atoms. The molecule has 0 spiro atoms. The van der Waals surface area contributed by atoms with Crippen molar-refractivity contribution >= 4 is 15.6 Å². The Labute approximate surface area is 213 Å². The molecule has 4 saturated carbocycles. The summed E-state index contributed by atoms with van der Waals surface area (Å²) < 4.78 is 22.8. The minimum absolute atomic E-state index is 0.160. The highest BCUT2D eigenvalue weighted by Crippen LogP contribution is 2.69. The minimum atomic E-state index is -3.24. The molecule has 0 saturated heterocycles. The molecule has 0 radical (unpaired) electrons. The van der Waals surface area contributed by atoms with Gasteiger partial charge in [-0.05, 0) is 104 Å². The van der Waals surface area contributed by atoms with Crippen LogP contribution in [0.1, 0.15) is 98.3 Å². The molecule has 0 aromatic rings. The molecule has 0 bridgehead atoms.